The van der Waals surface area contributed by atoms with Gasteiger partial charge in [-0.25, -0.2) is 15.0 Å². The standard InChI is InChI=1S/C12H13N5O4/c1-2-6-15-10(13)7-11(16-6)17(4-14-7)12-9(20)8(19)5(3-18)21-12/h1,4-5,8-9,12,18-20H,3H2,(H2,13,15,16)/t5-,8+,9?,12-/m1/s1. The van der Waals surface area contributed by atoms with Crippen LogP contribution in [0.2, 0.25) is 0 Å². The van der Waals surface area contributed by atoms with E-state index < -0.39 is 31.1 Å². The average molecular weight is 291 g/mol. The van der Waals surface area contributed by atoms with Crippen LogP contribution in [-0.2, 0) is 4.74 Å². The van der Waals surface area contributed by atoms with Crippen LogP contribution in [-0.4, -0.2) is 59.8 Å². The van der Waals surface area contributed by atoms with E-state index in [0.29, 0.717) is 5.52 Å². The molecular weight excluding hydrogens is 278 g/mol. The van der Waals surface area contributed by atoms with Crippen LogP contribution < -0.4 is 5.73 Å². The monoisotopic (exact) mass is 291 g/mol. The molecule has 5 N–H and O–H groups in total. The van der Waals surface area contributed by atoms with Crippen LogP contribution >= 0.6 is 0 Å². The van der Waals surface area contributed by atoms with Gasteiger partial charge in [0.15, 0.2) is 17.7 Å². The van der Waals surface area contributed by atoms with Crippen molar-refractivity contribution < 1.29 is 20.1 Å². The first-order valence-corrected chi connectivity index (χ1v) is 6.16. The smallest absolute Gasteiger partial charge is 0.208 e. The molecule has 9 nitrogen and oxygen atoms in total. The quantitative estimate of drug-likeness (QED) is 0.466. The van der Waals surface area contributed by atoms with Crippen LogP contribution in [0.1, 0.15) is 12.1 Å². The largest absolute Gasteiger partial charge is 0.394 e. The third-order valence-electron chi connectivity index (χ3n) is 3.37. The SMILES string of the molecule is C#Cc1nc(N)c2ncn([C@@H]3O[C@H](CO)[C@H](O)C3O)c2n1. The van der Waals surface area contributed by atoms with Crippen LogP contribution in [0.25, 0.3) is 11.2 Å². The number of nitrogen functional groups attached to an aromatic ring is 1. The molecule has 1 saturated heterocycles. The van der Waals surface area contributed by atoms with Crippen LogP contribution in [0.5, 0.6) is 0 Å². The van der Waals surface area contributed by atoms with Gasteiger partial charge >= 0.3 is 0 Å². The summed E-state index contributed by atoms with van der Waals surface area (Å²) in [6, 6.07) is 0. The van der Waals surface area contributed by atoms with Crippen LogP contribution in [0.15, 0.2) is 6.33 Å². The zero-order valence-corrected chi connectivity index (χ0v) is 10.8. The van der Waals surface area contributed by atoms with Gasteiger partial charge in [-0.05, 0) is 5.92 Å². The molecule has 0 bridgehead atoms. The Hall–Kier alpha value is -2.25. The van der Waals surface area contributed by atoms with Crippen LogP contribution in [0, 0.1) is 12.3 Å². The number of terminal acetylenes is 1. The molecule has 3 rings (SSSR count). The molecule has 2 aromatic rings. The Morgan fingerprint density at radius 2 is 2.14 bits per heavy atom. The maximum atomic E-state index is 10.0. The van der Waals surface area contributed by atoms with Gasteiger partial charge in [-0.1, -0.05) is 0 Å². The summed E-state index contributed by atoms with van der Waals surface area (Å²) in [5.41, 5.74) is 6.34. The van der Waals surface area contributed by atoms with Crippen molar-refractivity contribution in [3.8, 4) is 12.3 Å². The summed E-state index contributed by atoms with van der Waals surface area (Å²) in [6.07, 6.45) is 2.30. The molecule has 1 unspecified atom stereocenters. The van der Waals surface area contributed by atoms with Crippen molar-refractivity contribution >= 4 is 17.0 Å². The highest BCUT2D eigenvalue weighted by atomic mass is 16.6. The van der Waals surface area contributed by atoms with Gasteiger partial charge in [0.1, 0.15) is 23.8 Å². The lowest BCUT2D eigenvalue weighted by Crippen LogP contribution is -2.33. The van der Waals surface area contributed by atoms with E-state index in [4.69, 9.17) is 22.0 Å². The van der Waals surface area contributed by atoms with Gasteiger partial charge in [-0.3, -0.25) is 4.57 Å². The van der Waals surface area contributed by atoms with E-state index in [1.165, 1.54) is 10.9 Å². The molecule has 4 atom stereocenters. The number of hydrogen-bond acceptors (Lipinski definition) is 8. The van der Waals surface area contributed by atoms with Crippen LogP contribution in [0.4, 0.5) is 5.82 Å². The van der Waals surface area contributed by atoms with Crippen molar-refractivity contribution in [2.75, 3.05) is 12.3 Å². The molecule has 0 amide bonds. The summed E-state index contributed by atoms with van der Waals surface area (Å²) >= 11 is 0. The molecule has 0 radical (unpaired) electrons. The molecule has 3 heterocycles. The minimum atomic E-state index is -1.25. The van der Waals surface area contributed by atoms with E-state index >= 15 is 0 Å². The zero-order valence-electron chi connectivity index (χ0n) is 10.8. The van der Waals surface area contributed by atoms with Gasteiger partial charge in [-0.15, -0.1) is 6.42 Å². The molecule has 0 aliphatic carbocycles. The Bertz CT molecular complexity index is 724. The first kappa shape index (κ1) is 13.7. The number of nitrogens with two attached hydrogens (primary N) is 1. The zero-order chi connectivity index (χ0) is 15.1. The summed E-state index contributed by atoms with van der Waals surface area (Å²) < 4.78 is 6.82. The summed E-state index contributed by atoms with van der Waals surface area (Å²) in [7, 11) is 0. The minimum absolute atomic E-state index is 0.0773. The summed E-state index contributed by atoms with van der Waals surface area (Å²) in [5, 5.41) is 28.9. The molecular formula is C12H13N5O4. The van der Waals surface area contributed by atoms with Gasteiger partial charge in [-0.2, -0.15) is 0 Å². The average Bonchev–Trinajstić information content (AvgIpc) is 3.02. The Balaban J connectivity index is 2.10. The Kier molecular flexibility index (Phi) is 3.23. The lowest BCUT2D eigenvalue weighted by molar-refractivity contribution is -0.0511. The second kappa shape index (κ2) is 4.94. The molecule has 0 aromatic carbocycles. The van der Waals surface area contributed by atoms with E-state index in [-0.39, 0.29) is 17.3 Å². The molecule has 0 saturated carbocycles. The second-order valence-electron chi connectivity index (χ2n) is 4.63. The fourth-order valence-electron chi connectivity index (χ4n) is 2.30. The lowest BCUT2D eigenvalue weighted by Gasteiger charge is -2.16. The Morgan fingerprint density at radius 1 is 1.38 bits per heavy atom. The van der Waals surface area contributed by atoms with E-state index in [0.717, 1.165) is 0 Å². The van der Waals surface area contributed by atoms with E-state index in [2.05, 4.69) is 20.9 Å². The minimum Gasteiger partial charge on any atom is -0.394 e. The second-order valence-corrected chi connectivity index (χ2v) is 4.63. The molecule has 9 heteroatoms. The molecule has 1 fully saturated rings. The van der Waals surface area contributed by atoms with Gasteiger partial charge in [0.05, 0.1) is 12.9 Å². The number of aliphatic hydroxyl groups is 3. The van der Waals surface area contributed by atoms with Crippen molar-refractivity contribution in [3.05, 3.63) is 12.2 Å². The number of fused-ring (bicyclic) bond motifs is 1. The summed E-state index contributed by atoms with van der Waals surface area (Å²) in [6.45, 7) is -0.423. The third-order valence-corrected chi connectivity index (χ3v) is 3.37. The van der Waals surface area contributed by atoms with Crippen LogP contribution in [0.3, 0.4) is 0 Å². The highest BCUT2D eigenvalue weighted by Crippen LogP contribution is 2.31. The predicted molar refractivity (Wildman–Crippen MR) is 70.7 cm³/mol. The number of aliphatic hydroxyl groups excluding tert-OH is 3. The van der Waals surface area contributed by atoms with Gasteiger partial charge in [0.25, 0.3) is 0 Å². The van der Waals surface area contributed by atoms with Crippen molar-refractivity contribution in [2.45, 2.75) is 24.5 Å². The van der Waals surface area contributed by atoms with Crippen molar-refractivity contribution in [1.82, 2.24) is 19.5 Å². The fraction of sp³-hybridized carbons (Fsp3) is 0.417. The lowest BCUT2D eigenvalue weighted by atomic mass is 10.1. The van der Waals surface area contributed by atoms with Gasteiger partial charge in [0, 0.05) is 0 Å². The number of hydrogen-bond donors (Lipinski definition) is 4. The van der Waals surface area contributed by atoms with E-state index in [9.17, 15) is 10.2 Å². The number of rotatable bonds is 2. The summed E-state index contributed by atoms with van der Waals surface area (Å²) in [5.74, 6) is 2.46. The molecule has 21 heavy (non-hydrogen) atoms. The number of imidazole rings is 1. The summed E-state index contributed by atoms with van der Waals surface area (Å²) in [4.78, 5) is 12.1. The number of ether oxygens (including phenoxy) is 1. The Labute approximate surface area is 119 Å². The molecule has 1 aliphatic heterocycles. The maximum Gasteiger partial charge on any atom is 0.208 e. The normalized spacial score (nSPS) is 28.9. The topological polar surface area (TPSA) is 140 Å². The molecule has 1 aliphatic rings. The maximum absolute atomic E-state index is 10.0. The third kappa shape index (κ3) is 2.01. The highest BCUT2D eigenvalue weighted by Gasteiger charge is 2.44. The molecule has 0 spiro atoms. The highest BCUT2D eigenvalue weighted by molar-refractivity contribution is 5.82. The number of nitrogens with zero attached hydrogens (tertiary/aromatic N) is 4. The first-order chi connectivity index (χ1) is 10.1. The van der Waals surface area contributed by atoms with Crippen molar-refractivity contribution in [1.29, 1.82) is 0 Å². The fourth-order valence-corrected chi connectivity index (χ4v) is 2.30. The first-order valence-electron chi connectivity index (χ1n) is 6.16. The Morgan fingerprint density at radius 3 is 2.76 bits per heavy atom. The number of aromatic nitrogens is 4. The predicted octanol–water partition coefficient (Wildman–Crippen LogP) is -2.00. The number of anilines is 1. The van der Waals surface area contributed by atoms with E-state index in [1.54, 1.807) is 0 Å². The van der Waals surface area contributed by atoms with Gasteiger partial charge < -0.3 is 25.8 Å². The van der Waals surface area contributed by atoms with Gasteiger partial charge in [0.2, 0.25) is 5.82 Å². The molecule has 110 valence electrons. The molecule has 2 aromatic heterocycles. The van der Waals surface area contributed by atoms with E-state index in [1.807, 2.05) is 0 Å². The van der Waals surface area contributed by atoms with Crippen molar-refractivity contribution in [3.63, 3.8) is 0 Å². The van der Waals surface area contributed by atoms with Crippen molar-refractivity contribution in [2.24, 2.45) is 0 Å².